The second-order valence-corrected chi connectivity index (χ2v) is 6.64. The van der Waals surface area contributed by atoms with Crippen LogP contribution in [0.2, 0.25) is 0 Å². The van der Waals surface area contributed by atoms with Crippen molar-refractivity contribution in [1.29, 1.82) is 0 Å². The van der Waals surface area contributed by atoms with Crippen LogP contribution >= 0.6 is 0 Å². The Labute approximate surface area is 142 Å². The molecule has 1 saturated heterocycles. The summed E-state index contributed by atoms with van der Waals surface area (Å²) in [6, 6.07) is -2.40. The van der Waals surface area contributed by atoms with E-state index in [2.05, 4.69) is 10.6 Å². The van der Waals surface area contributed by atoms with Gasteiger partial charge in [0.1, 0.15) is 18.1 Å². The molecule has 1 fully saturated rings. The minimum atomic E-state index is -1.03. The largest absolute Gasteiger partial charge is 0.480 e. The second-order valence-electron chi connectivity index (χ2n) is 6.64. The van der Waals surface area contributed by atoms with E-state index in [0.717, 1.165) is 0 Å². The van der Waals surface area contributed by atoms with Crippen LogP contribution < -0.4 is 10.6 Å². The van der Waals surface area contributed by atoms with Gasteiger partial charge in [-0.3, -0.25) is 14.4 Å². The zero-order valence-corrected chi connectivity index (χ0v) is 14.7. The highest BCUT2D eigenvalue weighted by Crippen LogP contribution is 2.18. The molecule has 0 aromatic rings. The van der Waals surface area contributed by atoms with Crippen LogP contribution in [0.1, 0.15) is 47.0 Å². The Kier molecular flexibility index (Phi) is 7.18. The monoisotopic (exact) mass is 341 g/mol. The molecule has 1 rings (SSSR count). The first-order valence-electron chi connectivity index (χ1n) is 8.24. The Hall–Kier alpha value is -2.12. The molecule has 136 valence electrons. The van der Waals surface area contributed by atoms with Crippen molar-refractivity contribution >= 4 is 23.7 Å². The highest BCUT2D eigenvalue weighted by atomic mass is 16.4. The molecule has 24 heavy (non-hydrogen) atoms. The summed E-state index contributed by atoms with van der Waals surface area (Å²) >= 11 is 0. The summed E-state index contributed by atoms with van der Waals surface area (Å²) in [4.78, 5) is 48.5. The lowest BCUT2D eigenvalue weighted by Gasteiger charge is -2.27. The summed E-state index contributed by atoms with van der Waals surface area (Å²) in [5.74, 6) is -2.02. The molecular formula is C16H27N3O5. The Morgan fingerprint density at radius 3 is 2.29 bits per heavy atom. The first-order valence-corrected chi connectivity index (χ1v) is 8.24. The Balaban J connectivity index is 2.71. The highest BCUT2D eigenvalue weighted by molar-refractivity contribution is 5.93. The number of rotatable bonds is 7. The summed E-state index contributed by atoms with van der Waals surface area (Å²) in [5.41, 5.74) is 0. The molecule has 3 atom stereocenters. The summed E-state index contributed by atoms with van der Waals surface area (Å²) in [6.45, 7) is 7.09. The molecule has 0 aromatic carbocycles. The van der Waals surface area contributed by atoms with Gasteiger partial charge in [-0.1, -0.05) is 13.8 Å². The van der Waals surface area contributed by atoms with Gasteiger partial charge in [0.2, 0.25) is 17.7 Å². The molecule has 1 aliphatic rings. The molecule has 8 nitrogen and oxygen atoms in total. The fourth-order valence-electron chi connectivity index (χ4n) is 2.86. The number of hydrogen-bond acceptors (Lipinski definition) is 4. The van der Waals surface area contributed by atoms with Crippen LogP contribution in [-0.4, -0.2) is 58.4 Å². The molecule has 1 heterocycles. The van der Waals surface area contributed by atoms with Gasteiger partial charge in [-0.2, -0.15) is 0 Å². The fraction of sp³-hybridized carbons (Fsp3) is 0.750. The maximum absolute atomic E-state index is 12.4. The zero-order chi connectivity index (χ0) is 18.4. The average molecular weight is 341 g/mol. The third-order valence-electron chi connectivity index (χ3n) is 3.95. The van der Waals surface area contributed by atoms with Gasteiger partial charge in [-0.15, -0.1) is 0 Å². The van der Waals surface area contributed by atoms with E-state index in [-0.39, 0.29) is 11.8 Å². The quantitative estimate of drug-likeness (QED) is 0.608. The van der Waals surface area contributed by atoms with E-state index in [4.69, 9.17) is 5.11 Å². The van der Waals surface area contributed by atoms with Crippen molar-refractivity contribution in [1.82, 2.24) is 15.5 Å². The van der Waals surface area contributed by atoms with Gasteiger partial charge < -0.3 is 20.6 Å². The van der Waals surface area contributed by atoms with Gasteiger partial charge >= 0.3 is 5.97 Å². The minimum absolute atomic E-state index is 0.189. The number of nitrogens with one attached hydrogen (secondary N) is 2. The van der Waals surface area contributed by atoms with Crippen molar-refractivity contribution in [3.05, 3.63) is 0 Å². The number of nitrogens with zero attached hydrogens (tertiary/aromatic N) is 1. The van der Waals surface area contributed by atoms with Crippen molar-refractivity contribution in [2.45, 2.75) is 65.1 Å². The van der Waals surface area contributed by atoms with E-state index in [1.165, 1.54) is 18.7 Å². The number of hydrogen-bond donors (Lipinski definition) is 3. The van der Waals surface area contributed by atoms with Gasteiger partial charge in [0.05, 0.1) is 0 Å². The van der Waals surface area contributed by atoms with Crippen molar-refractivity contribution < 1.29 is 24.3 Å². The lowest BCUT2D eigenvalue weighted by atomic mass is 10.0. The molecular weight excluding hydrogens is 314 g/mol. The third kappa shape index (κ3) is 5.50. The molecule has 1 aliphatic heterocycles. The van der Waals surface area contributed by atoms with Gasteiger partial charge in [0.25, 0.3) is 0 Å². The smallest absolute Gasteiger partial charge is 0.326 e. The van der Waals surface area contributed by atoms with Crippen LogP contribution in [0.5, 0.6) is 0 Å². The first-order chi connectivity index (χ1) is 11.1. The van der Waals surface area contributed by atoms with Crippen LogP contribution in [0.3, 0.4) is 0 Å². The van der Waals surface area contributed by atoms with Crippen molar-refractivity contribution in [2.75, 3.05) is 6.54 Å². The maximum atomic E-state index is 12.4. The highest BCUT2D eigenvalue weighted by Gasteiger charge is 2.36. The minimum Gasteiger partial charge on any atom is -0.480 e. The number of amides is 3. The van der Waals surface area contributed by atoms with Crippen molar-refractivity contribution in [3.8, 4) is 0 Å². The number of aliphatic carboxylic acids is 1. The lowest BCUT2D eigenvalue weighted by Crippen LogP contribution is -2.54. The molecule has 0 unspecified atom stereocenters. The Bertz CT molecular complexity index is 506. The van der Waals surface area contributed by atoms with E-state index in [1.54, 1.807) is 0 Å². The van der Waals surface area contributed by atoms with E-state index >= 15 is 0 Å². The number of carbonyl (C=O) groups is 4. The number of carboxylic acid groups (broad SMARTS) is 1. The summed E-state index contributed by atoms with van der Waals surface area (Å²) in [5, 5.41) is 14.3. The molecule has 3 N–H and O–H groups in total. The number of carbonyl (C=O) groups excluding carboxylic acids is 3. The molecule has 0 spiro atoms. The van der Waals surface area contributed by atoms with E-state index < -0.39 is 35.9 Å². The van der Waals surface area contributed by atoms with Crippen LogP contribution in [0.4, 0.5) is 0 Å². The number of likely N-dealkylation sites (tertiary alicyclic amines) is 1. The molecule has 0 bridgehead atoms. The van der Waals surface area contributed by atoms with Crippen molar-refractivity contribution in [2.24, 2.45) is 5.92 Å². The summed E-state index contributed by atoms with van der Waals surface area (Å²) in [7, 11) is 0. The SMILES string of the molecule is CC(=O)N[C@@H](CC(C)C)C(=O)N[C@@H](C)C(=O)N1CCC[C@H]1C(=O)O. The van der Waals surface area contributed by atoms with E-state index in [0.29, 0.717) is 25.8 Å². The van der Waals surface area contributed by atoms with Crippen LogP contribution in [-0.2, 0) is 19.2 Å². The average Bonchev–Trinajstić information content (AvgIpc) is 2.94. The normalized spacial score (nSPS) is 19.7. The second kappa shape index (κ2) is 8.65. The summed E-state index contributed by atoms with van der Waals surface area (Å²) in [6.07, 6.45) is 1.50. The van der Waals surface area contributed by atoms with Gasteiger partial charge in [0, 0.05) is 13.5 Å². The Morgan fingerprint density at radius 1 is 1.17 bits per heavy atom. The lowest BCUT2D eigenvalue weighted by molar-refractivity contribution is -0.149. The predicted molar refractivity (Wildman–Crippen MR) is 87.0 cm³/mol. The van der Waals surface area contributed by atoms with Gasteiger partial charge in [-0.05, 0) is 32.1 Å². The topological polar surface area (TPSA) is 116 Å². The molecule has 0 saturated carbocycles. The molecule has 0 aliphatic carbocycles. The number of carboxylic acids is 1. The predicted octanol–water partition coefficient (Wildman–Crippen LogP) is 0.118. The van der Waals surface area contributed by atoms with Crippen LogP contribution in [0.15, 0.2) is 0 Å². The van der Waals surface area contributed by atoms with Crippen molar-refractivity contribution in [3.63, 3.8) is 0 Å². The molecule has 8 heteroatoms. The molecule has 0 radical (unpaired) electrons. The van der Waals surface area contributed by atoms with Gasteiger partial charge in [0.15, 0.2) is 0 Å². The third-order valence-corrected chi connectivity index (χ3v) is 3.95. The zero-order valence-electron chi connectivity index (χ0n) is 14.7. The van der Waals surface area contributed by atoms with Crippen LogP contribution in [0.25, 0.3) is 0 Å². The van der Waals surface area contributed by atoms with Gasteiger partial charge in [-0.25, -0.2) is 4.79 Å². The summed E-state index contributed by atoms with van der Waals surface area (Å²) < 4.78 is 0. The maximum Gasteiger partial charge on any atom is 0.326 e. The van der Waals surface area contributed by atoms with E-state index in [9.17, 15) is 19.2 Å². The first kappa shape index (κ1) is 19.9. The van der Waals surface area contributed by atoms with E-state index in [1.807, 2.05) is 13.8 Å². The van der Waals surface area contributed by atoms with Crippen LogP contribution in [0, 0.1) is 5.92 Å². The molecule has 0 aromatic heterocycles. The molecule has 3 amide bonds. The fourth-order valence-corrected chi connectivity index (χ4v) is 2.86. The Morgan fingerprint density at radius 2 is 1.79 bits per heavy atom. The standard InChI is InChI=1S/C16H27N3O5/c1-9(2)8-12(18-11(4)20)14(21)17-10(3)15(22)19-7-5-6-13(19)16(23)24/h9-10,12-13H,5-8H2,1-4H3,(H,17,21)(H,18,20)(H,23,24)/t10-,12-,13-/m0/s1.